The summed E-state index contributed by atoms with van der Waals surface area (Å²) in [5.74, 6) is 1.12. The zero-order chi connectivity index (χ0) is 19.2. The second-order valence-corrected chi connectivity index (χ2v) is 6.52. The third-order valence-electron chi connectivity index (χ3n) is 4.32. The molecule has 1 N–H and O–H groups in total. The average molecular weight is 378 g/mol. The maximum absolute atomic E-state index is 12.4. The van der Waals surface area contributed by atoms with Gasteiger partial charge in [0.25, 0.3) is 0 Å². The van der Waals surface area contributed by atoms with Gasteiger partial charge in [-0.2, -0.15) is 0 Å². The van der Waals surface area contributed by atoms with Crippen LogP contribution in [0.5, 0.6) is 11.5 Å². The molecule has 26 heavy (non-hydrogen) atoms. The van der Waals surface area contributed by atoms with Crippen molar-refractivity contribution in [1.29, 1.82) is 0 Å². The first-order valence-electron chi connectivity index (χ1n) is 8.20. The topological polar surface area (TPSA) is 56.8 Å². The van der Waals surface area contributed by atoms with Crippen molar-refractivity contribution >= 4 is 17.5 Å². The van der Waals surface area contributed by atoms with Crippen molar-refractivity contribution in [3.8, 4) is 11.5 Å². The summed E-state index contributed by atoms with van der Waals surface area (Å²) in [6, 6.07) is 12.9. The van der Waals surface area contributed by atoms with Crippen LogP contribution in [0, 0.1) is 0 Å². The predicted octanol–water partition coefficient (Wildman–Crippen LogP) is 3.58. The number of hydrogen-bond acceptors (Lipinski definition) is 4. The Balaban J connectivity index is 2.03. The zero-order valence-corrected chi connectivity index (χ0v) is 16.2. The molecule has 0 aliphatic rings. The number of amides is 1. The summed E-state index contributed by atoms with van der Waals surface area (Å²) < 4.78 is 16.1. The van der Waals surface area contributed by atoms with Gasteiger partial charge in [0.05, 0.1) is 27.2 Å². The quantitative estimate of drug-likeness (QED) is 0.764. The molecule has 0 aromatic heterocycles. The highest BCUT2D eigenvalue weighted by Crippen LogP contribution is 2.28. The number of hydrogen-bond donors (Lipinski definition) is 1. The lowest BCUT2D eigenvalue weighted by Crippen LogP contribution is -2.40. The van der Waals surface area contributed by atoms with Crippen LogP contribution in [-0.4, -0.2) is 33.8 Å². The fourth-order valence-electron chi connectivity index (χ4n) is 2.62. The lowest BCUT2D eigenvalue weighted by Gasteiger charge is -2.29. The molecule has 0 heterocycles. The van der Waals surface area contributed by atoms with Crippen molar-refractivity contribution < 1.29 is 19.0 Å². The van der Waals surface area contributed by atoms with Gasteiger partial charge in [0.1, 0.15) is 5.60 Å². The van der Waals surface area contributed by atoms with Crippen molar-refractivity contribution in [2.24, 2.45) is 0 Å². The highest BCUT2D eigenvalue weighted by molar-refractivity contribution is 6.30. The van der Waals surface area contributed by atoms with Crippen LogP contribution in [0.2, 0.25) is 5.02 Å². The number of carbonyl (C=O) groups excluding carboxylic acids is 1. The Morgan fingerprint density at radius 1 is 1.08 bits per heavy atom. The van der Waals surface area contributed by atoms with Crippen molar-refractivity contribution in [3.05, 3.63) is 58.6 Å². The number of halogens is 1. The van der Waals surface area contributed by atoms with Crippen molar-refractivity contribution in [2.75, 3.05) is 27.9 Å². The third kappa shape index (κ3) is 4.90. The minimum Gasteiger partial charge on any atom is -0.493 e. The van der Waals surface area contributed by atoms with Crippen LogP contribution in [-0.2, 0) is 21.6 Å². The van der Waals surface area contributed by atoms with Gasteiger partial charge in [0, 0.05) is 12.1 Å². The smallest absolute Gasteiger partial charge is 0.224 e. The van der Waals surface area contributed by atoms with E-state index in [2.05, 4.69) is 5.32 Å². The first kappa shape index (κ1) is 20.1. The third-order valence-corrected chi connectivity index (χ3v) is 4.56. The molecular weight excluding hydrogens is 354 g/mol. The molecule has 0 fully saturated rings. The number of methoxy groups -OCH3 is 3. The summed E-state index contributed by atoms with van der Waals surface area (Å²) in [6.07, 6.45) is 0.232. The van der Waals surface area contributed by atoms with Gasteiger partial charge in [0.15, 0.2) is 11.5 Å². The summed E-state index contributed by atoms with van der Waals surface area (Å²) in [6.45, 7) is 2.24. The summed E-state index contributed by atoms with van der Waals surface area (Å²) in [7, 11) is 4.75. The molecule has 2 rings (SSSR count). The van der Waals surface area contributed by atoms with Gasteiger partial charge in [-0.15, -0.1) is 0 Å². The monoisotopic (exact) mass is 377 g/mol. The Bertz CT molecular complexity index is 765. The van der Waals surface area contributed by atoms with E-state index < -0.39 is 5.60 Å². The Morgan fingerprint density at radius 2 is 1.81 bits per heavy atom. The van der Waals surface area contributed by atoms with Crippen LogP contribution in [0.1, 0.15) is 18.1 Å². The Kier molecular flexibility index (Phi) is 6.89. The van der Waals surface area contributed by atoms with Gasteiger partial charge in [0.2, 0.25) is 5.91 Å². The van der Waals surface area contributed by atoms with Crippen molar-refractivity contribution in [1.82, 2.24) is 5.32 Å². The van der Waals surface area contributed by atoms with E-state index in [-0.39, 0.29) is 12.3 Å². The van der Waals surface area contributed by atoms with E-state index in [9.17, 15) is 4.79 Å². The lowest BCUT2D eigenvalue weighted by atomic mass is 9.95. The van der Waals surface area contributed by atoms with Crippen LogP contribution in [0.3, 0.4) is 0 Å². The predicted molar refractivity (Wildman–Crippen MR) is 102 cm³/mol. The summed E-state index contributed by atoms with van der Waals surface area (Å²) in [5.41, 5.74) is 1.07. The molecule has 0 aliphatic heterocycles. The zero-order valence-electron chi connectivity index (χ0n) is 15.5. The second kappa shape index (κ2) is 8.92. The maximum atomic E-state index is 12.4. The number of ether oxygens (including phenoxy) is 3. The molecule has 140 valence electrons. The van der Waals surface area contributed by atoms with Gasteiger partial charge in [-0.25, -0.2) is 0 Å². The number of nitrogens with one attached hydrogen (secondary N) is 1. The normalized spacial score (nSPS) is 13.0. The van der Waals surface area contributed by atoms with E-state index in [4.69, 9.17) is 25.8 Å². The Labute approximate surface area is 159 Å². The summed E-state index contributed by atoms with van der Waals surface area (Å²) >= 11 is 6.07. The number of rotatable bonds is 8. The number of carbonyl (C=O) groups is 1. The summed E-state index contributed by atoms with van der Waals surface area (Å²) in [5, 5.41) is 3.55. The Hall–Kier alpha value is -2.24. The van der Waals surface area contributed by atoms with E-state index in [1.54, 1.807) is 39.5 Å². The molecule has 2 aromatic carbocycles. The molecule has 2 aromatic rings. The molecule has 0 bridgehead atoms. The van der Waals surface area contributed by atoms with Gasteiger partial charge >= 0.3 is 0 Å². The van der Waals surface area contributed by atoms with Crippen molar-refractivity contribution in [3.63, 3.8) is 0 Å². The average Bonchev–Trinajstić information content (AvgIpc) is 2.66. The highest BCUT2D eigenvalue weighted by atomic mass is 35.5. The van der Waals surface area contributed by atoms with Crippen molar-refractivity contribution in [2.45, 2.75) is 18.9 Å². The fourth-order valence-corrected chi connectivity index (χ4v) is 2.81. The summed E-state index contributed by atoms with van der Waals surface area (Å²) in [4.78, 5) is 12.4. The Morgan fingerprint density at radius 3 is 2.42 bits per heavy atom. The fraction of sp³-hybridized carbons (Fsp3) is 0.350. The molecule has 0 radical (unpaired) electrons. The standard InChI is InChI=1S/C20H24ClNO4/c1-20(26-4,15-6-5-7-16(21)12-15)13-22-19(23)11-14-8-9-17(24-2)18(10-14)25-3/h5-10,12H,11,13H2,1-4H3,(H,22,23). The molecular formula is C20H24ClNO4. The molecule has 0 aliphatic carbocycles. The van der Waals surface area contributed by atoms with Crippen LogP contribution in [0.15, 0.2) is 42.5 Å². The van der Waals surface area contributed by atoms with Crippen LogP contribution in [0.25, 0.3) is 0 Å². The van der Waals surface area contributed by atoms with E-state index in [0.29, 0.717) is 23.1 Å². The first-order valence-corrected chi connectivity index (χ1v) is 8.58. The van der Waals surface area contributed by atoms with Gasteiger partial charge in [-0.3, -0.25) is 4.79 Å². The van der Waals surface area contributed by atoms with E-state index in [1.165, 1.54) is 0 Å². The SMILES string of the molecule is COc1ccc(CC(=O)NCC(C)(OC)c2cccc(Cl)c2)cc1OC. The minimum absolute atomic E-state index is 0.109. The van der Waals surface area contributed by atoms with E-state index >= 15 is 0 Å². The van der Waals surface area contributed by atoms with Crippen LogP contribution in [0.4, 0.5) is 0 Å². The first-order chi connectivity index (χ1) is 12.4. The molecule has 0 saturated carbocycles. The lowest BCUT2D eigenvalue weighted by molar-refractivity contribution is -0.122. The van der Waals surface area contributed by atoms with Gasteiger partial charge in [-0.1, -0.05) is 29.8 Å². The van der Waals surface area contributed by atoms with Crippen LogP contribution >= 0.6 is 11.6 Å². The molecule has 6 heteroatoms. The largest absolute Gasteiger partial charge is 0.493 e. The molecule has 1 unspecified atom stereocenters. The van der Waals surface area contributed by atoms with Gasteiger partial charge < -0.3 is 19.5 Å². The maximum Gasteiger partial charge on any atom is 0.224 e. The minimum atomic E-state index is -0.668. The molecule has 1 amide bonds. The van der Waals surface area contributed by atoms with E-state index in [1.807, 2.05) is 31.2 Å². The van der Waals surface area contributed by atoms with E-state index in [0.717, 1.165) is 11.1 Å². The molecule has 0 saturated heterocycles. The second-order valence-electron chi connectivity index (χ2n) is 6.09. The van der Waals surface area contributed by atoms with Gasteiger partial charge in [-0.05, 0) is 42.3 Å². The molecule has 0 spiro atoms. The molecule has 5 nitrogen and oxygen atoms in total. The van der Waals surface area contributed by atoms with Crippen LogP contribution < -0.4 is 14.8 Å². The number of benzene rings is 2. The molecule has 1 atom stereocenters. The highest BCUT2D eigenvalue weighted by Gasteiger charge is 2.27.